The molecule has 2 aliphatic rings. The Bertz CT molecular complexity index is 1420. The summed E-state index contributed by atoms with van der Waals surface area (Å²) in [4.78, 5) is 22.0. The number of rotatable bonds is 4. The van der Waals surface area contributed by atoms with Gasteiger partial charge in [-0.1, -0.05) is 6.58 Å². The zero-order valence-corrected chi connectivity index (χ0v) is 18.3. The topological polar surface area (TPSA) is 88.1 Å². The molecule has 0 unspecified atom stereocenters. The van der Waals surface area contributed by atoms with Crippen LogP contribution in [0.1, 0.15) is 19.3 Å². The van der Waals surface area contributed by atoms with Gasteiger partial charge in [0.1, 0.15) is 11.3 Å². The molecular weight excluding hydrogens is 438 g/mol. The summed E-state index contributed by atoms with van der Waals surface area (Å²) in [6.45, 7) is 4.47. The molecule has 3 aromatic heterocycles. The third-order valence-corrected chi connectivity index (χ3v) is 7.82. The van der Waals surface area contributed by atoms with E-state index in [0.717, 1.165) is 6.26 Å². The number of alkyl halides is 2. The first-order valence-corrected chi connectivity index (χ1v) is 12.1. The Kier molecular flexibility index (Phi) is 4.40. The number of nitrogens with one attached hydrogen (secondary N) is 1. The maximum absolute atomic E-state index is 13.8. The second-order valence-electron chi connectivity index (χ2n) is 8.67. The lowest BCUT2D eigenvalue weighted by molar-refractivity contribution is 0.0536. The normalized spacial score (nSPS) is 19.4. The highest BCUT2D eigenvalue weighted by Crippen LogP contribution is 2.66. The Labute approximate surface area is 183 Å². The van der Waals surface area contributed by atoms with Crippen molar-refractivity contribution in [3.63, 3.8) is 0 Å². The van der Waals surface area contributed by atoms with E-state index in [2.05, 4.69) is 16.5 Å². The Hall–Kier alpha value is -3.01. The zero-order chi connectivity index (χ0) is 22.9. The average Bonchev–Trinajstić information content (AvgIpc) is 3.07. The number of nitrogens with zero attached hydrogens (tertiary/aromatic N) is 3. The fourth-order valence-electron chi connectivity index (χ4n) is 4.68. The van der Waals surface area contributed by atoms with E-state index in [4.69, 9.17) is 0 Å². The Morgan fingerprint density at radius 3 is 2.53 bits per heavy atom. The van der Waals surface area contributed by atoms with E-state index in [1.54, 1.807) is 18.5 Å². The molecule has 5 rings (SSSR count). The van der Waals surface area contributed by atoms with Gasteiger partial charge in [0, 0.05) is 72.5 Å². The molecule has 1 aliphatic heterocycles. The minimum absolute atomic E-state index is 0.0403. The van der Waals surface area contributed by atoms with Gasteiger partial charge in [-0.2, -0.15) is 0 Å². The van der Waals surface area contributed by atoms with Crippen molar-refractivity contribution in [1.82, 2.24) is 14.5 Å². The van der Waals surface area contributed by atoms with Gasteiger partial charge >= 0.3 is 0 Å². The van der Waals surface area contributed by atoms with Gasteiger partial charge < -0.3 is 9.88 Å². The lowest BCUT2D eigenvalue weighted by atomic mass is 9.92. The van der Waals surface area contributed by atoms with E-state index in [1.165, 1.54) is 23.0 Å². The molecule has 3 aromatic rings. The van der Waals surface area contributed by atoms with Crippen molar-refractivity contribution in [1.29, 1.82) is 0 Å². The van der Waals surface area contributed by atoms with Crippen molar-refractivity contribution in [2.45, 2.75) is 30.1 Å². The first-order chi connectivity index (χ1) is 15.1. The number of piperidine rings is 1. The smallest absolute Gasteiger partial charge is 0.278 e. The van der Waals surface area contributed by atoms with E-state index in [9.17, 15) is 22.0 Å². The molecule has 1 spiro atoms. The monoisotopic (exact) mass is 460 g/mol. The molecule has 1 N–H and O–H groups in total. The minimum atomic E-state index is -3.55. The van der Waals surface area contributed by atoms with Crippen LogP contribution in [0.2, 0.25) is 0 Å². The maximum atomic E-state index is 13.8. The van der Waals surface area contributed by atoms with Gasteiger partial charge in [-0.05, 0) is 25.0 Å². The van der Waals surface area contributed by atoms with Gasteiger partial charge in [0.05, 0.1) is 4.90 Å². The number of aromatic nitrogens is 3. The van der Waals surface area contributed by atoms with Gasteiger partial charge in [0.25, 0.3) is 11.5 Å². The predicted octanol–water partition coefficient (Wildman–Crippen LogP) is 3.52. The van der Waals surface area contributed by atoms with Gasteiger partial charge in [-0.3, -0.25) is 9.36 Å². The molecule has 1 aliphatic carbocycles. The quantitative estimate of drug-likeness (QED) is 0.644. The highest BCUT2D eigenvalue weighted by atomic mass is 32.2. The Morgan fingerprint density at radius 2 is 1.94 bits per heavy atom. The number of hydrogen-bond donors (Lipinski definition) is 1. The number of aromatic amines is 1. The number of sulfone groups is 1. The zero-order valence-electron chi connectivity index (χ0n) is 17.4. The third kappa shape index (κ3) is 3.08. The lowest BCUT2D eigenvalue weighted by Gasteiger charge is -2.34. The van der Waals surface area contributed by atoms with Crippen LogP contribution in [-0.2, 0) is 9.84 Å². The SMILES string of the molecule is C=Cn1cc(-c2cc(S(C)(=O)=O)cnc2N2CCC3(CC2)CC3(F)F)c2cc[nH]c2c1=O. The fourth-order valence-corrected chi connectivity index (χ4v) is 5.25. The van der Waals surface area contributed by atoms with Crippen molar-refractivity contribution in [2.75, 3.05) is 24.2 Å². The highest BCUT2D eigenvalue weighted by Gasteiger charge is 2.70. The molecule has 0 amide bonds. The first kappa shape index (κ1) is 20.9. The minimum Gasteiger partial charge on any atom is -0.357 e. The van der Waals surface area contributed by atoms with E-state index in [-0.39, 0.29) is 16.9 Å². The Balaban J connectivity index is 1.67. The van der Waals surface area contributed by atoms with Gasteiger partial charge in [0.15, 0.2) is 9.84 Å². The third-order valence-electron chi connectivity index (χ3n) is 6.74. The summed E-state index contributed by atoms with van der Waals surface area (Å²) in [5.74, 6) is -2.10. The van der Waals surface area contributed by atoms with E-state index in [1.807, 2.05) is 4.90 Å². The summed E-state index contributed by atoms with van der Waals surface area (Å²) in [6, 6.07) is 3.28. The van der Waals surface area contributed by atoms with Crippen LogP contribution < -0.4 is 10.5 Å². The van der Waals surface area contributed by atoms with Crippen LogP contribution >= 0.6 is 0 Å². The summed E-state index contributed by atoms with van der Waals surface area (Å²) < 4.78 is 53.5. The molecule has 4 heterocycles. The van der Waals surface area contributed by atoms with Crippen molar-refractivity contribution < 1.29 is 17.2 Å². The number of H-pyrrole nitrogens is 1. The number of pyridine rings is 2. The first-order valence-electron chi connectivity index (χ1n) is 10.2. The van der Waals surface area contributed by atoms with Gasteiger partial charge in [-0.25, -0.2) is 22.2 Å². The molecule has 2 fully saturated rings. The van der Waals surface area contributed by atoms with Crippen molar-refractivity contribution in [3.05, 3.63) is 47.7 Å². The van der Waals surface area contributed by atoms with Crippen LogP contribution in [0, 0.1) is 5.41 Å². The largest absolute Gasteiger partial charge is 0.357 e. The van der Waals surface area contributed by atoms with Crippen molar-refractivity contribution in [2.24, 2.45) is 5.41 Å². The van der Waals surface area contributed by atoms with E-state index < -0.39 is 21.2 Å². The van der Waals surface area contributed by atoms with E-state index >= 15 is 0 Å². The molecule has 168 valence electrons. The van der Waals surface area contributed by atoms with Crippen LogP contribution in [0.15, 0.2) is 47.0 Å². The molecule has 1 saturated carbocycles. The fraction of sp³-hybridized carbons (Fsp3) is 0.364. The molecule has 32 heavy (non-hydrogen) atoms. The summed E-state index contributed by atoms with van der Waals surface area (Å²) >= 11 is 0. The molecule has 1 saturated heterocycles. The lowest BCUT2D eigenvalue weighted by Crippen LogP contribution is -2.37. The summed E-state index contributed by atoms with van der Waals surface area (Å²) in [6.07, 6.45) is 7.62. The average molecular weight is 461 g/mol. The van der Waals surface area contributed by atoms with Crippen molar-refractivity contribution in [3.8, 4) is 11.1 Å². The maximum Gasteiger partial charge on any atom is 0.278 e. The van der Waals surface area contributed by atoms with Crippen LogP contribution in [0.25, 0.3) is 28.2 Å². The van der Waals surface area contributed by atoms with Gasteiger partial charge in [-0.15, -0.1) is 0 Å². The number of halogens is 2. The number of hydrogen-bond acceptors (Lipinski definition) is 5. The molecule has 7 nitrogen and oxygen atoms in total. The second kappa shape index (κ2) is 6.74. The second-order valence-corrected chi connectivity index (χ2v) is 10.7. The molecule has 0 atom stereocenters. The summed E-state index contributed by atoms with van der Waals surface area (Å²) in [7, 11) is -3.55. The molecule has 10 heteroatoms. The Morgan fingerprint density at radius 1 is 1.25 bits per heavy atom. The predicted molar refractivity (Wildman–Crippen MR) is 119 cm³/mol. The highest BCUT2D eigenvalue weighted by molar-refractivity contribution is 7.90. The van der Waals surface area contributed by atoms with E-state index in [0.29, 0.717) is 53.8 Å². The van der Waals surface area contributed by atoms with Crippen LogP contribution in [0.3, 0.4) is 0 Å². The molecular formula is C22H22F2N4O3S. The standard InChI is InChI=1S/C22H22F2N4O3S/c1-3-27-12-17(15-4-7-25-18(15)20(27)29)16-10-14(32(2,30)31)11-26-19(16)28-8-5-21(6-9-28)13-22(21,23)24/h3-4,7,10-12,25H,1,5-6,8-9,13H2,2H3. The van der Waals surface area contributed by atoms with Crippen LogP contribution in [-0.4, -0.2) is 48.2 Å². The van der Waals surface area contributed by atoms with Crippen LogP contribution in [0.4, 0.5) is 14.6 Å². The number of anilines is 1. The summed E-state index contributed by atoms with van der Waals surface area (Å²) in [5, 5.41) is 0.615. The van der Waals surface area contributed by atoms with Gasteiger partial charge in [0.2, 0.25) is 0 Å². The van der Waals surface area contributed by atoms with Crippen molar-refractivity contribution >= 4 is 32.8 Å². The summed E-state index contributed by atoms with van der Waals surface area (Å²) in [5.41, 5.74) is 0.277. The molecule has 0 radical (unpaired) electrons. The van der Waals surface area contributed by atoms with Crippen LogP contribution in [0.5, 0.6) is 0 Å². The molecule has 0 aromatic carbocycles. The number of fused-ring (bicyclic) bond motifs is 1. The molecule has 0 bridgehead atoms.